The lowest BCUT2D eigenvalue weighted by Crippen LogP contribution is -2.45. The Labute approximate surface area is 173 Å². The van der Waals surface area contributed by atoms with E-state index in [4.69, 9.17) is 4.74 Å². The zero-order valence-corrected chi connectivity index (χ0v) is 19.2. The van der Waals surface area contributed by atoms with E-state index in [1.165, 1.54) is 44.9 Å². The van der Waals surface area contributed by atoms with Crippen molar-refractivity contribution in [2.24, 2.45) is 29.6 Å². The third kappa shape index (κ3) is 6.05. The molecule has 1 atom stereocenters. The highest BCUT2D eigenvalue weighted by molar-refractivity contribution is 5.81. The van der Waals surface area contributed by atoms with E-state index in [1.807, 2.05) is 0 Å². The molecule has 3 aliphatic rings. The number of rotatable bonds is 7. The van der Waals surface area contributed by atoms with E-state index in [2.05, 4.69) is 39.9 Å². The van der Waals surface area contributed by atoms with Crippen molar-refractivity contribution in [2.75, 3.05) is 13.2 Å². The van der Waals surface area contributed by atoms with Crippen LogP contribution in [0, 0.1) is 29.6 Å². The summed E-state index contributed by atoms with van der Waals surface area (Å²) in [6.45, 7) is 13.3. The molecule has 0 aromatic rings. The van der Waals surface area contributed by atoms with E-state index in [0.29, 0.717) is 29.5 Å². The summed E-state index contributed by atoms with van der Waals surface area (Å²) >= 11 is 0. The molecule has 28 heavy (non-hydrogen) atoms. The van der Waals surface area contributed by atoms with E-state index in [0.717, 1.165) is 38.4 Å². The van der Waals surface area contributed by atoms with E-state index in [9.17, 15) is 4.79 Å². The van der Waals surface area contributed by atoms with Crippen molar-refractivity contribution in [1.29, 1.82) is 0 Å². The van der Waals surface area contributed by atoms with Gasteiger partial charge in [-0.1, -0.05) is 19.8 Å². The van der Waals surface area contributed by atoms with Gasteiger partial charge >= 0.3 is 0 Å². The van der Waals surface area contributed by atoms with E-state index < -0.39 is 0 Å². The molecule has 1 heterocycles. The maximum absolute atomic E-state index is 12.7. The molecular formula is C25H45NO2. The summed E-state index contributed by atoms with van der Waals surface area (Å²) in [5.41, 5.74) is 0.372. The molecule has 1 unspecified atom stereocenters. The lowest BCUT2D eigenvalue weighted by atomic mass is 9.75. The van der Waals surface area contributed by atoms with Gasteiger partial charge in [0.15, 0.2) is 0 Å². The summed E-state index contributed by atoms with van der Waals surface area (Å²) < 4.78 is 6.19. The van der Waals surface area contributed by atoms with Gasteiger partial charge in [-0.2, -0.15) is 0 Å². The van der Waals surface area contributed by atoms with Gasteiger partial charge in [0.1, 0.15) is 5.78 Å². The van der Waals surface area contributed by atoms with Crippen molar-refractivity contribution in [2.45, 2.75) is 110 Å². The molecule has 3 heteroatoms. The number of hydrogen-bond acceptors (Lipinski definition) is 3. The second kappa shape index (κ2) is 9.16. The third-order valence-electron chi connectivity index (χ3n) is 8.04. The van der Waals surface area contributed by atoms with Gasteiger partial charge in [0.25, 0.3) is 0 Å². The van der Waals surface area contributed by atoms with E-state index in [-0.39, 0.29) is 11.1 Å². The highest BCUT2D eigenvalue weighted by Crippen LogP contribution is 2.37. The first-order valence-electron chi connectivity index (χ1n) is 12.0. The minimum Gasteiger partial charge on any atom is -0.381 e. The zero-order valence-electron chi connectivity index (χ0n) is 19.2. The highest BCUT2D eigenvalue weighted by Gasteiger charge is 2.44. The second-order valence-electron chi connectivity index (χ2n) is 11.7. The van der Waals surface area contributed by atoms with Gasteiger partial charge in [-0.15, -0.1) is 0 Å². The molecule has 1 saturated heterocycles. The van der Waals surface area contributed by atoms with Crippen LogP contribution in [0.1, 0.15) is 98.8 Å². The van der Waals surface area contributed by atoms with Crippen LogP contribution in [0.2, 0.25) is 0 Å². The number of carbonyl (C=O) groups is 1. The molecule has 3 fully saturated rings. The van der Waals surface area contributed by atoms with Crippen LogP contribution in [0.4, 0.5) is 0 Å². The van der Waals surface area contributed by atoms with Crippen LogP contribution in [0.15, 0.2) is 0 Å². The first kappa shape index (κ1) is 22.3. The van der Waals surface area contributed by atoms with Gasteiger partial charge < -0.3 is 10.1 Å². The van der Waals surface area contributed by atoms with Crippen molar-refractivity contribution < 1.29 is 9.53 Å². The van der Waals surface area contributed by atoms with Gasteiger partial charge in [-0.05, 0) is 90.4 Å². The average Bonchev–Trinajstić information content (AvgIpc) is 2.84. The Bertz CT molecular complexity index is 511. The van der Waals surface area contributed by atoms with Gasteiger partial charge in [0.05, 0.1) is 6.61 Å². The predicted octanol–water partition coefficient (Wildman–Crippen LogP) is 5.76. The third-order valence-corrected chi connectivity index (χ3v) is 8.04. The van der Waals surface area contributed by atoms with Gasteiger partial charge in [0.2, 0.25) is 0 Å². The van der Waals surface area contributed by atoms with E-state index >= 15 is 0 Å². The first-order chi connectivity index (χ1) is 13.1. The fraction of sp³-hybridized carbons (Fsp3) is 0.960. The van der Waals surface area contributed by atoms with Crippen molar-refractivity contribution in [3.8, 4) is 0 Å². The first-order valence-corrected chi connectivity index (χ1v) is 12.0. The van der Waals surface area contributed by atoms with Crippen LogP contribution in [0.25, 0.3) is 0 Å². The number of ketones is 1. The van der Waals surface area contributed by atoms with Crippen LogP contribution >= 0.6 is 0 Å². The Morgan fingerprint density at radius 2 is 1.50 bits per heavy atom. The quantitative estimate of drug-likeness (QED) is 0.599. The molecule has 1 N–H and O–H groups in total. The molecule has 3 nitrogen and oxygen atoms in total. The van der Waals surface area contributed by atoms with Crippen LogP contribution in [0.3, 0.4) is 0 Å². The van der Waals surface area contributed by atoms with Gasteiger partial charge in [-0.25, -0.2) is 0 Å². The van der Waals surface area contributed by atoms with Gasteiger partial charge in [-0.3, -0.25) is 4.79 Å². The van der Waals surface area contributed by atoms with Crippen LogP contribution < -0.4 is 5.32 Å². The molecular weight excluding hydrogens is 346 g/mol. The fourth-order valence-corrected chi connectivity index (χ4v) is 6.18. The fourth-order valence-electron chi connectivity index (χ4n) is 6.18. The van der Waals surface area contributed by atoms with Gasteiger partial charge in [0, 0.05) is 35.9 Å². The molecule has 0 spiro atoms. The monoisotopic (exact) mass is 391 g/mol. The number of Topliss-reactive ketones (excluding diaryl/α,β-unsaturated/α-hetero) is 1. The molecule has 3 rings (SSSR count). The standard InChI is InChI=1S/C25H45NO2/c1-18-6-8-19(9-7-18)14-23(27)21-12-10-20(11-13-21)16-28-17-22-15-24(2,3)26-25(22,4)5/h18-22,26H,6-17H2,1-5H3. The molecule has 0 bridgehead atoms. The van der Waals surface area contributed by atoms with Crippen molar-refractivity contribution in [3.63, 3.8) is 0 Å². The zero-order chi connectivity index (χ0) is 20.4. The van der Waals surface area contributed by atoms with Crippen LogP contribution in [0.5, 0.6) is 0 Å². The summed E-state index contributed by atoms with van der Waals surface area (Å²) in [6.07, 6.45) is 11.8. The molecule has 0 aromatic heterocycles. The van der Waals surface area contributed by atoms with Crippen LogP contribution in [-0.2, 0) is 9.53 Å². The average molecular weight is 392 g/mol. The summed E-state index contributed by atoms with van der Waals surface area (Å²) in [5.74, 6) is 3.70. The Kier molecular flexibility index (Phi) is 7.29. The summed E-state index contributed by atoms with van der Waals surface area (Å²) in [7, 11) is 0. The Morgan fingerprint density at radius 1 is 0.893 bits per heavy atom. The van der Waals surface area contributed by atoms with Crippen LogP contribution in [-0.4, -0.2) is 30.1 Å². The molecule has 0 aromatic carbocycles. The predicted molar refractivity (Wildman–Crippen MR) is 116 cm³/mol. The number of ether oxygens (including phenoxy) is 1. The lowest BCUT2D eigenvalue weighted by molar-refractivity contribution is -0.125. The lowest BCUT2D eigenvalue weighted by Gasteiger charge is -2.31. The maximum atomic E-state index is 12.7. The number of nitrogens with one attached hydrogen (secondary N) is 1. The molecule has 1 aliphatic heterocycles. The summed E-state index contributed by atoms with van der Waals surface area (Å²) in [6, 6.07) is 0. The Hall–Kier alpha value is -0.410. The topological polar surface area (TPSA) is 38.3 Å². The molecule has 162 valence electrons. The Morgan fingerprint density at radius 3 is 2.07 bits per heavy atom. The van der Waals surface area contributed by atoms with Crippen molar-refractivity contribution >= 4 is 5.78 Å². The highest BCUT2D eigenvalue weighted by atomic mass is 16.5. The molecule has 0 radical (unpaired) electrons. The Balaban J connectivity index is 1.32. The minimum absolute atomic E-state index is 0.157. The van der Waals surface area contributed by atoms with E-state index in [1.54, 1.807) is 0 Å². The maximum Gasteiger partial charge on any atom is 0.136 e. The summed E-state index contributed by atoms with van der Waals surface area (Å²) in [5, 5.41) is 3.74. The smallest absolute Gasteiger partial charge is 0.136 e. The second-order valence-corrected chi connectivity index (χ2v) is 11.7. The number of carbonyl (C=O) groups excluding carboxylic acids is 1. The molecule has 0 amide bonds. The molecule has 2 saturated carbocycles. The SMILES string of the molecule is CC1CCC(CC(=O)C2CCC(COCC3CC(C)(C)NC3(C)C)CC2)CC1. The van der Waals surface area contributed by atoms with Crippen molar-refractivity contribution in [3.05, 3.63) is 0 Å². The minimum atomic E-state index is 0.157. The summed E-state index contributed by atoms with van der Waals surface area (Å²) in [4.78, 5) is 12.7. The molecule has 2 aliphatic carbocycles. The number of hydrogen-bond donors (Lipinski definition) is 1. The van der Waals surface area contributed by atoms with Crippen molar-refractivity contribution in [1.82, 2.24) is 5.32 Å². The normalized spacial score (nSPS) is 37.7. The largest absolute Gasteiger partial charge is 0.381 e.